The molecule has 1 saturated heterocycles. The zero-order chi connectivity index (χ0) is 20.0. The number of hydrogen-bond acceptors (Lipinski definition) is 2. The largest absolute Gasteiger partial charge is 0.348 e. The molecule has 166 valence electrons. The molecule has 6 unspecified atom stereocenters. The van der Waals surface area contributed by atoms with Gasteiger partial charge in [-0.25, -0.2) is 13.2 Å². The lowest BCUT2D eigenvalue weighted by atomic mass is 9.59. The van der Waals surface area contributed by atoms with Gasteiger partial charge in [0, 0.05) is 12.8 Å². The van der Waals surface area contributed by atoms with E-state index in [1.165, 1.54) is 38.5 Å². The van der Waals surface area contributed by atoms with E-state index >= 15 is 0 Å². The smallest absolute Gasteiger partial charge is 0.168 e. The standard InChI is InChI=1S/C24H37F3O2/c25-21-13-20(14-22(26)23(21)27)19-4-3-17-11-16(1-2-18(17)12-19)15-5-7-24(8-6-15)28-9-10-29-24/h15-23H,1-14H2. The van der Waals surface area contributed by atoms with Crippen LogP contribution in [0.4, 0.5) is 13.2 Å². The second-order valence-corrected chi connectivity index (χ2v) is 10.8. The fraction of sp³-hybridized carbons (Fsp3) is 1.00. The third-order valence-electron chi connectivity index (χ3n) is 9.38. The predicted molar refractivity (Wildman–Crippen MR) is 106 cm³/mol. The molecule has 2 nitrogen and oxygen atoms in total. The van der Waals surface area contributed by atoms with Crippen molar-refractivity contribution >= 4 is 0 Å². The molecule has 5 heteroatoms. The molecule has 0 aromatic rings. The maximum absolute atomic E-state index is 13.9. The molecule has 0 radical (unpaired) electrons. The van der Waals surface area contributed by atoms with Crippen molar-refractivity contribution in [2.75, 3.05) is 13.2 Å². The fourth-order valence-corrected chi connectivity index (χ4v) is 7.70. The summed E-state index contributed by atoms with van der Waals surface area (Å²) in [4.78, 5) is 0. The van der Waals surface area contributed by atoms with Gasteiger partial charge in [-0.2, -0.15) is 0 Å². The Morgan fingerprint density at radius 1 is 0.517 bits per heavy atom. The Bertz CT molecular complexity index is 544. The predicted octanol–water partition coefficient (Wildman–Crippen LogP) is 6.18. The number of ether oxygens (including phenoxy) is 2. The Kier molecular flexibility index (Phi) is 5.92. The van der Waals surface area contributed by atoms with E-state index in [2.05, 4.69) is 0 Å². The molecule has 0 bridgehead atoms. The van der Waals surface area contributed by atoms with Crippen molar-refractivity contribution in [3.63, 3.8) is 0 Å². The quantitative estimate of drug-likeness (QED) is 0.537. The zero-order valence-corrected chi connectivity index (χ0v) is 17.5. The van der Waals surface area contributed by atoms with E-state index in [4.69, 9.17) is 9.47 Å². The van der Waals surface area contributed by atoms with E-state index in [-0.39, 0.29) is 24.5 Å². The average Bonchev–Trinajstić information content (AvgIpc) is 3.19. The van der Waals surface area contributed by atoms with Crippen LogP contribution in [0.25, 0.3) is 0 Å². The Hall–Kier alpha value is -0.290. The molecule has 1 heterocycles. The van der Waals surface area contributed by atoms with Crippen LogP contribution in [0.15, 0.2) is 0 Å². The molecule has 0 aromatic carbocycles. The zero-order valence-electron chi connectivity index (χ0n) is 17.5. The van der Waals surface area contributed by atoms with Crippen molar-refractivity contribution in [3.05, 3.63) is 0 Å². The Balaban J connectivity index is 1.12. The third-order valence-corrected chi connectivity index (χ3v) is 9.38. The molecule has 0 N–H and O–H groups in total. The highest BCUT2D eigenvalue weighted by atomic mass is 19.2. The molecule has 1 aliphatic heterocycles. The van der Waals surface area contributed by atoms with Crippen LogP contribution >= 0.6 is 0 Å². The van der Waals surface area contributed by atoms with Gasteiger partial charge in [0.15, 0.2) is 12.0 Å². The van der Waals surface area contributed by atoms with Crippen LogP contribution in [0.2, 0.25) is 0 Å². The van der Waals surface area contributed by atoms with Crippen LogP contribution in [0.3, 0.4) is 0 Å². The minimum absolute atomic E-state index is 0.0478. The normalized spacial score (nSPS) is 48.5. The van der Waals surface area contributed by atoms with Gasteiger partial charge in [-0.15, -0.1) is 0 Å². The van der Waals surface area contributed by atoms with Crippen molar-refractivity contribution in [2.45, 2.75) is 101 Å². The highest BCUT2D eigenvalue weighted by molar-refractivity contribution is 4.95. The van der Waals surface area contributed by atoms with Gasteiger partial charge in [0.2, 0.25) is 0 Å². The van der Waals surface area contributed by atoms with Crippen LogP contribution in [-0.4, -0.2) is 37.5 Å². The lowest BCUT2D eigenvalue weighted by molar-refractivity contribution is -0.186. The summed E-state index contributed by atoms with van der Waals surface area (Å²) in [5.74, 6) is 3.35. The highest BCUT2D eigenvalue weighted by Gasteiger charge is 2.46. The Labute approximate surface area is 173 Å². The summed E-state index contributed by atoms with van der Waals surface area (Å²) < 4.78 is 53.1. The summed E-state index contributed by atoms with van der Waals surface area (Å²) in [7, 11) is 0. The Morgan fingerprint density at radius 2 is 0.966 bits per heavy atom. The number of alkyl halides is 3. The van der Waals surface area contributed by atoms with Crippen molar-refractivity contribution < 1.29 is 22.6 Å². The van der Waals surface area contributed by atoms with Gasteiger partial charge < -0.3 is 9.47 Å². The van der Waals surface area contributed by atoms with Gasteiger partial charge in [-0.05, 0) is 99.7 Å². The lowest BCUT2D eigenvalue weighted by Crippen LogP contribution is -2.42. The van der Waals surface area contributed by atoms with E-state index in [0.29, 0.717) is 5.92 Å². The van der Waals surface area contributed by atoms with Gasteiger partial charge >= 0.3 is 0 Å². The van der Waals surface area contributed by atoms with E-state index < -0.39 is 18.5 Å². The minimum atomic E-state index is -1.90. The molecule has 1 spiro atoms. The summed E-state index contributed by atoms with van der Waals surface area (Å²) in [5.41, 5.74) is 0. The monoisotopic (exact) mass is 414 g/mol. The minimum Gasteiger partial charge on any atom is -0.348 e. The molecule has 5 rings (SSSR count). The van der Waals surface area contributed by atoms with Gasteiger partial charge in [0.1, 0.15) is 12.3 Å². The topological polar surface area (TPSA) is 18.5 Å². The average molecular weight is 415 g/mol. The van der Waals surface area contributed by atoms with Gasteiger partial charge in [0.25, 0.3) is 0 Å². The first-order valence-electron chi connectivity index (χ1n) is 12.2. The van der Waals surface area contributed by atoms with Crippen LogP contribution < -0.4 is 0 Å². The number of rotatable bonds is 2. The fourth-order valence-electron chi connectivity index (χ4n) is 7.70. The molecular formula is C24H37F3O2. The van der Waals surface area contributed by atoms with Gasteiger partial charge in [0.05, 0.1) is 13.2 Å². The lowest BCUT2D eigenvalue weighted by Gasteiger charge is -2.48. The first-order valence-corrected chi connectivity index (χ1v) is 12.2. The highest BCUT2D eigenvalue weighted by Crippen LogP contribution is 2.52. The molecule has 6 atom stereocenters. The molecule has 0 aromatic heterocycles. The van der Waals surface area contributed by atoms with Crippen molar-refractivity contribution in [3.8, 4) is 0 Å². The summed E-state index contributed by atoms with van der Waals surface area (Å²) in [6.45, 7) is 1.50. The van der Waals surface area contributed by atoms with E-state index in [1.807, 2.05) is 0 Å². The molecule has 4 saturated carbocycles. The van der Waals surface area contributed by atoms with Gasteiger partial charge in [-0.3, -0.25) is 0 Å². The summed E-state index contributed by atoms with van der Waals surface area (Å²) in [5, 5.41) is 0. The summed E-state index contributed by atoms with van der Waals surface area (Å²) >= 11 is 0. The number of fused-ring (bicyclic) bond motifs is 1. The van der Waals surface area contributed by atoms with E-state index in [9.17, 15) is 13.2 Å². The van der Waals surface area contributed by atoms with Crippen molar-refractivity contribution in [1.82, 2.24) is 0 Å². The second kappa shape index (κ2) is 8.33. The maximum Gasteiger partial charge on any atom is 0.168 e. The van der Waals surface area contributed by atoms with Crippen LogP contribution in [0.1, 0.15) is 77.0 Å². The molecule has 29 heavy (non-hydrogen) atoms. The van der Waals surface area contributed by atoms with Crippen molar-refractivity contribution in [1.29, 1.82) is 0 Å². The van der Waals surface area contributed by atoms with Crippen molar-refractivity contribution in [2.24, 2.45) is 35.5 Å². The number of halogens is 3. The Morgan fingerprint density at radius 3 is 1.48 bits per heavy atom. The van der Waals surface area contributed by atoms with E-state index in [1.54, 1.807) is 0 Å². The summed E-state index contributed by atoms with van der Waals surface area (Å²) in [6.07, 6.45) is 7.28. The SMILES string of the molecule is FC1CC(C2CCC3CC(C4CCC5(CC4)OCCO5)CCC3C2)CC(F)C1F. The van der Waals surface area contributed by atoms with Gasteiger partial charge in [-0.1, -0.05) is 0 Å². The molecule has 5 fully saturated rings. The molecule has 4 aliphatic carbocycles. The maximum atomic E-state index is 13.9. The molecular weight excluding hydrogens is 377 g/mol. The second-order valence-electron chi connectivity index (χ2n) is 10.8. The molecule has 0 amide bonds. The van der Waals surface area contributed by atoms with E-state index in [0.717, 1.165) is 62.6 Å². The first kappa shape index (κ1) is 20.6. The molecule has 5 aliphatic rings. The van der Waals surface area contributed by atoms with Crippen LogP contribution in [0.5, 0.6) is 0 Å². The first-order chi connectivity index (χ1) is 14.0. The third kappa shape index (κ3) is 4.12. The number of hydrogen-bond donors (Lipinski definition) is 0. The summed E-state index contributed by atoms with van der Waals surface area (Å²) in [6, 6.07) is 0. The van der Waals surface area contributed by atoms with Crippen LogP contribution in [0, 0.1) is 35.5 Å². The van der Waals surface area contributed by atoms with Crippen LogP contribution in [-0.2, 0) is 9.47 Å².